The van der Waals surface area contributed by atoms with Crippen LogP contribution in [0, 0.1) is 0 Å². The molecule has 0 bridgehead atoms. The van der Waals surface area contributed by atoms with Crippen molar-refractivity contribution in [3.8, 4) is 11.1 Å². The number of hydrogen-bond donors (Lipinski definition) is 2. The lowest BCUT2D eigenvalue weighted by atomic mass is 10.0. The molecule has 1 amide bonds. The predicted molar refractivity (Wildman–Crippen MR) is 106 cm³/mol. The van der Waals surface area contributed by atoms with Crippen molar-refractivity contribution in [1.29, 1.82) is 0 Å². The lowest BCUT2D eigenvalue weighted by molar-refractivity contribution is -0.122. The molecule has 3 aromatic rings. The topological polar surface area (TPSA) is 41.1 Å². The van der Waals surface area contributed by atoms with Crippen LogP contribution in [0.2, 0.25) is 0 Å². The minimum atomic E-state index is -0.389. The van der Waals surface area contributed by atoms with E-state index in [4.69, 9.17) is 0 Å². The van der Waals surface area contributed by atoms with Gasteiger partial charge < -0.3 is 10.6 Å². The number of rotatable bonds is 6. The monoisotopic (exact) mass is 342 g/mol. The Balaban J connectivity index is 1.54. The Bertz CT molecular complexity index is 856. The summed E-state index contributed by atoms with van der Waals surface area (Å²) in [4.78, 5) is 12.7. The van der Waals surface area contributed by atoms with Crippen LogP contribution in [0.5, 0.6) is 0 Å². The number of hydrogen-bond acceptors (Lipinski definition) is 2. The molecule has 0 aromatic heterocycles. The van der Waals surface area contributed by atoms with Gasteiger partial charge in [-0.25, -0.2) is 0 Å². The Morgan fingerprint density at radius 2 is 1.35 bits per heavy atom. The first-order valence-corrected chi connectivity index (χ1v) is 9.07. The average molecular weight is 342 g/mol. The van der Waals surface area contributed by atoms with E-state index in [1.165, 1.54) is 5.56 Å². The zero-order valence-electron chi connectivity index (χ0n) is 14.6. The van der Waals surface area contributed by atoms with Gasteiger partial charge in [-0.15, -0.1) is 0 Å². The number of amides is 1. The third kappa shape index (κ3) is 3.94. The van der Waals surface area contributed by atoms with Gasteiger partial charge in [-0.1, -0.05) is 72.8 Å². The SMILES string of the molecule is O=C(NC1CC1)C(Nc1ccc(-c2ccccc2)cc1)c1ccccc1. The fraction of sp³-hybridized carbons (Fsp3) is 0.174. The van der Waals surface area contributed by atoms with E-state index in [9.17, 15) is 4.79 Å². The Morgan fingerprint density at radius 3 is 1.96 bits per heavy atom. The van der Waals surface area contributed by atoms with Crippen LogP contribution in [0.1, 0.15) is 24.4 Å². The van der Waals surface area contributed by atoms with Crippen molar-refractivity contribution in [1.82, 2.24) is 5.32 Å². The molecule has 4 rings (SSSR count). The van der Waals surface area contributed by atoms with E-state index < -0.39 is 0 Å². The zero-order chi connectivity index (χ0) is 17.8. The van der Waals surface area contributed by atoms with Gasteiger partial charge in [-0.3, -0.25) is 4.79 Å². The molecule has 130 valence electrons. The number of carbonyl (C=O) groups excluding carboxylic acids is 1. The summed E-state index contributed by atoms with van der Waals surface area (Å²) >= 11 is 0. The van der Waals surface area contributed by atoms with Crippen molar-refractivity contribution in [3.63, 3.8) is 0 Å². The Hall–Kier alpha value is -3.07. The zero-order valence-corrected chi connectivity index (χ0v) is 14.6. The summed E-state index contributed by atoms with van der Waals surface area (Å²) in [5.41, 5.74) is 4.25. The molecule has 1 atom stereocenters. The molecule has 0 saturated heterocycles. The van der Waals surface area contributed by atoms with E-state index >= 15 is 0 Å². The van der Waals surface area contributed by atoms with Gasteiger partial charge in [0.1, 0.15) is 6.04 Å². The van der Waals surface area contributed by atoms with Crippen molar-refractivity contribution in [3.05, 3.63) is 90.5 Å². The Morgan fingerprint density at radius 1 is 0.769 bits per heavy atom. The van der Waals surface area contributed by atoms with E-state index in [2.05, 4.69) is 34.9 Å². The Labute approximate surface area is 154 Å². The van der Waals surface area contributed by atoms with Crippen LogP contribution < -0.4 is 10.6 Å². The summed E-state index contributed by atoms with van der Waals surface area (Å²) in [6.07, 6.45) is 2.16. The summed E-state index contributed by atoms with van der Waals surface area (Å²) < 4.78 is 0. The van der Waals surface area contributed by atoms with E-state index in [1.807, 2.05) is 60.7 Å². The van der Waals surface area contributed by atoms with Gasteiger partial charge >= 0.3 is 0 Å². The fourth-order valence-corrected chi connectivity index (χ4v) is 3.01. The van der Waals surface area contributed by atoms with Crippen molar-refractivity contribution in [2.45, 2.75) is 24.9 Å². The molecule has 3 nitrogen and oxygen atoms in total. The molecular formula is C23H22N2O. The quantitative estimate of drug-likeness (QED) is 0.676. The van der Waals surface area contributed by atoms with Crippen molar-refractivity contribution in [2.24, 2.45) is 0 Å². The maximum Gasteiger partial charge on any atom is 0.247 e. The van der Waals surface area contributed by atoms with Crippen LogP contribution in [-0.2, 0) is 4.79 Å². The van der Waals surface area contributed by atoms with Crippen LogP contribution in [-0.4, -0.2) is 11.9 Å². The van der Waals surface area contributed by atoms with E-state index in [-0.39, 0.29) is 11.9 Å². The van der Waals surface area contributed by atoms with Crippen LogP contribution in [0.25, 0.3) is 11.1 Å². The maximum absolute atomic E-state index is 12.7. The summed E-state index contributed by atoms with van der Waals surface area (Å²) in [5.74, 6) is 0.0332. The van der Waals surface area contributed by atoms with Gasteiger partial charge in [0.05, 0.1) is 0 Å². The summed E-state index contributed by atoms with van der Waals surface area (Å²) in [6, 6.07) is 28.3. The molecule has 1 fully saturated rings. The van der Waals surface area contributed by atoms with E-state index in [0.717, 1.165) is 29.7 Å². The number of carbonyl (C=O) groups is 1. The van der Waals surface area contributed by atoms with Gasteiger partial charge in [-0.05, 0) is 41.7 Å². The van der Waals surface area contributed by atoms with E-state index in [0.29, 0.717) is 6.04 Å². The molecule has 3 aromatic carbocycles. The molecule has 1 aliphatic carbocycles. The second-order valence-electron chi connectivity index (χ2n) is 6.71. The van der Waals surface area contributed by atoms with Crippen molar-refractivity contribution in [2.75, 3.05) is 5.32 Å². The van der Waals surface area contributed by atoms with Gasteiger partial charge in [0.25, 0.3) is 0 Å². The maximum atomic E-state index is 12.7. The van der Waals surface area contributed by atoms with Crippen LogP contribution >= 0.6 is 0 Å². The minimum absolute atomic E-state index is 0.0332. The summed E-state index contributed by atoms with van der Waals surface area (Å²) in [6.45, 7) is 0. The van der Waals surface area contributed by atoms with Gasteiger partial charge in [0.2, 0.25) is 5.91 Å². The fourth-order valence-electron chi connectivity index (χ4n) is 3.01. The largest absolute Gasteiger partial charge is 0.370 e. The van der Waals surface area contributed by atoms with E-state index in [1.54, 1.807) is 0 Å². The lowest BCUT2D eigenvalue weighted by Crippen LogP contribution is -2.34. The van der Waals surface area contributed by atoms with Crippen molar-refractivity contribution >= 4 is 11.6 Å². The molecule has 1 saturated carbocycles. The summed E-state index contributed by atoms with van der Waals surface area (Å²) in [5, 5.41) is 6.50. The minimum Gasteiger partial charge on any atom is -0.370 e. The number of benzene rings is 3. The number of nitrogens with one attached hydrogen (secondary N) is 2. The van der Waals surface area contributed by atoms with Crippen molar-refractivity contribution < 1.29 is 4.79 Å². The second-order valence-corrected chi connectivity index (χ2v) is 6.71. The first kappa shape index (κ1) is 16.4. The molecule has 26 heavy (non-hydrogen) atoms. The average Bonchev–Trinajstić information content (AvgIpc) is 3.52. The van der Waals surface area contributed by atoms with Gasteiger partial charge in [0, 0.05) is 11.7 Å². The van der Waals surface area contributed by atoms with Gasteiger partial charge in [-0.2, -0.15) is 0 Å². The molecule has 0 radical (unpaired) electrons. The highest BCUT2D eigenvalue weighted by Crippen LogP contribution is 2.26. The van der Waals surface area contributed by atoms with Crippen LogP contribution in [0.15, 0.2) is 84.9 Å². The highest BCUT2D eigenvalue weighted by molar-refractivity contribution is 5.86. The molecule has 3 heteroatoms. The van der Waals surface area contributed by atoms with Crippen LogP contribution in [0.4, 0.5) is 5.69 Å². The van der Waals surface area contributed by atoms with Gasteiger partial charge in [0.15, 0.2) is 0 Å². The lowest BCUT2D eigenvalue weighted by Gasteiger charge is -2.20. The number of anilines is 1. The molecule has 2 N–H and O–H groups in total. The molecule has 1 unspecified atom stereocenters. The third-order valence-electron chi connectivity index (χ3n) is 4.62. The summed E-state index contributed by atoms with van der Waals surface area (Å²) in [7, 11) is 0. The smallest absolute Gasteiger partial charge is 0.247 e. The highest BCUT2D eigenvalue weighted by atomic mass is 16.2. The molecule has 0 spiro atoms. The molecule has 0 aliphatic heterocycles. The first-order valence-electron chi connectivity index (χ1n) is 9.07. The third-order valence-corrected chi connectivity index (χ3v) is 4.62. The predicted octanol–water partition coefficient (Wildman–Crippen LogP) is 4.79. The standard InChI is InChI=1S/C23H22N2O/c26-23(25-21-15-16-21)22(19-9-5-2-6-10-19)24-20-13-11-18(12-14-20)17-7-3-1-4-8-17/h1-14,21-22,24H,15-16H2,(H,25,26). The molecular weight excluding hydrogens is 320 g/mol. The van der Waals surface area contributed by atoms with Crippen LogP contribution in [0.3, 0.4) is 0 Å². The Kier molecular flexibility index (Phi) is 4.69. The molecule has 1 aliphatic rings. The first-order chi connectivity index (χ1) is 12.8. The normalized spacial score (nSPS) is 14.5. The second kappa shape index (κ2) is 7.44. The molecule has 0 heterocycles. The highest BCUT2D eigenvalue weighted by Gasteiger charge is 2.28.